The highest BCUT2D eigenvalue weighted by Gasteiger charge is 2.20. The first kappa shape index (κ1) is 16.5. The molecule has 1 heterocycles. The van der Waals surface area contributed by atoms with Gasteiger partial charge in [0.2, 0.25) is 0 Å². The Kier molecular flexibility index (Phi) is 6.75. The molecule has 0 spiro atoms. The molecule has 21 heavy (non-hydrogen) atoms. The number of hydrogen-bond acceptors (Lipinski definition) is 2. The molecule has 0 aromatic carbocycles. The Morgan fingerprint density at radius 1 is 1.14 bits per heavy atom. The molecular weight excluding hydrogens is 258 g/mol. The molecule has 0 aliphatic heterocycles. The highest BCUT2D eigenvalue weighted by Crippen LogP contribution is 2.25. The van der Waals surface area contributed by atoms with Crippen molar-refractivity contribution in [2.45, 2.75) is 90.1 Å². The molecule has 0 saturated heterocycles. The van der Waals surface area contributed by atoms with Crippen molar-refractivity contribution in [1.29, 1.82) is 0 Å². The highest BCUT2D eigenvalue weighted by molar-refractivity contribution is 5.03. The van der Waals surface area contributed by atoms with Crippen LogP contribution in [-0.4, -0.2) is 15.8 Å². The van der Waals surface area contributed by atoms with Crippen LogP contribution in [0.1, 0.15) is 83.4 Å². The van der Waals surface area contributed by atoms with E-state index in [0.29, 0.717) is 12.0 Å². The molecule has 2 rings (SSSR count). The van der Waals surface area contributed by atoms with Crippen molar-refractivity contribution in [2.24, 2.45) is 11.7 Å². The third kappa shape index (κ3) is 4.84. The monoisotopic (exact) mass is 291 g/mol. The molecule has 3 heteroatoms. The maximum Gasteiger partial charge on any atom is 0.0640 e. The van der Waals surface area contributed by atoms with Crippen molar-refractivity contribution < 1.29 is 0 Å². The van der Waals surface area contributed by atoms with Gasteiger partial charge < -0.3 is 5.73 Å². The Morgan fingerprint density at radius 3 is 2.38 bits per heavy atom. The van der Waals surface area contributed by atoms with Crippen LogP contribution in [0.2, 0.25) is 0 Å². The van der Waals surface area contributed by atoms with Gasteiger partial charge in [-0.15, -0.1) is 0 Å². The molecule has 1 fully saturated rings. The van der Waals surface area contributed by atoms with Crippen LogP contribution in [0.15, 0.2) is 12.3 Å². The summed E-state index contributed by atoms with van der Waals surface area (Å²) in [5, 5.41) is 4.77. The zero-order valence-corrected chi connectivity index (χ0v) is 13.9. The van der Waals surface area contributed by atoms with Gasteiger partial charge in [0.1, 0.15) is 0 Å². The minimum Gasteiger partial charge on any atom is -0.327 e. The number of nitrogens with two attached hydrogens (primary N) is 1. The Labute approximate surface area is 130 Å². The van der Waals surface area contributed by atoms with Gasteiger partial charge in [-0.25, -0.2) is 0 Å². The van der Waals surface area contributed by atoms with Crippen molar-refractivity contribution >= 4 is 0 Å². The predicted octanol–water partition coefficient (Wildman–Crippen LogP) is 4.47. The van der Waals surface area contributed by atoms with E-state index in [9.17, 15) is 0 Å². The first-order chi connectivity index (χ1) is 10.2. The van der Waals surface area contributed by atoms with Crippen LogP contribution in [0, 0.1) is 5.92 Å². The van der Waals surface area contributed by atoms with Crippen molar-refractivity contribution in [3.05, 3.63) is 18.0 Å². The molecule has 2 N–H and O–H groups in total. The first-order valence-electron chi connectivity index (χ1n) is 9.04. The first-order valence-corrected chi connectivity index (χ1v) is 9.04. The summed E-state index contributed by atoms with van der Waals surface area (Å²) in [6, 6.07) is 2.99. The van der Waals surface area contributed by atoms with Crippen LogP contribution in [0.4, 0.5) is 0 Å². The van der Waals surface area contributed by atoms with Gasteiger partial charge in [0.05, 0.1) is 11.7 Å². The molecule has 1 aliphatic rings. The topological polar surface area (TPSA) is 43.8 Å². The van der Waals surface area contributed by atoms with E-state index >= 15 is 0 Å². The fourth-order valence-corrected chi connectivity index (χ4v) is 3.68. The number of rotatable bonds is 6. The molecule has 1 aromatic heterocycles. The molecule has 3 nitrogen and oxygen atoms in total. The fraction of sp³-hybridized carbons (Fsp3) is 0.833. The lowest BCUT2D eigenvalue weighted by Crippen LogP contribution is -2.33. The molecule has 1 unspecified atom stereocenters. The zero-order valence-electron chi connectivity index (χ0n) is 13.9. The van der Waals surface area contributed by atoms with Crippen LogP contribution in [-0.2, 0) is 6.42 Å². The largest absolute Gasteiger partial charge is 0.327 e. The summed E-state index contributed by atoms with van der Waals surface area (Å²) in [4.78, 5) is 0. The molecule has 0 bridgehead atoms. The van der Waals surface area contributed by atoms with Crippen molar-refractivity contribution in [1.82, 2.24) is 9.78 Å². The van der Waals surface area contributed by atoms with Crippen LogP contribution < -0.4 is 5.73 Å². The van der Waals surface area contributed by atoms with Gasteiger partial charge in [0.15, 0.2) is 0 Å². The standard InChI is InChI=1S/C18H33N3/c1-3-17(4-2)21-13-12-16(20-21)14-18(19)15-10-8-6-5-7-9-11-15/h12-13,15,17-18H,3-11,14,19H2,1-2H3. The van der Waals surface area contributed by atoms with Crippen LogP contribution in [0.5, 0.6) is 0 Å². The molecule has 120 valence electrons. The van der Waals surface area contributed by atoms with Gasteiger partial charge in [-0.3, -0.25) is 4.68 Å². The van der Waals surface area contributed by atoms with Crippen LogP contribution in [0.25, 0.3) is 0 Å². The Bertz CT molecular complexity index is 387. The van der Waals surface area contributed by atoms with Crippen molar-refractivity contribution in [3.8, 4) is 0 Å². The summed E-state index contributed by atoms with van der Waals surface area (Å²) in [5.74, 6) is 0.698. The van der Waals surface area contributed by atoms with Gasteiger partial charge in [0, 0.05) is 18.7 Å². The summed E-state index contributed by atoms with van der Waals surface area (Å²) in [5.41, 5.74) is 7.68. The highest BCUT2D eigenvalue weighted by atomic mass is 15.3. The van der Waals surface area contributed by atoms with E-state index in [4.69, 9.17) is 10.8 Å². The molecule has 1 atom stereocenters. The van der Waals surface area contributed by atoms with E-state index in [1.54, 1.807) is 0 Å². The third-order valence-electron chi connectivity index (χ3n) is 5.18. The Morgan fingerprint density at radius 2 is 1.76 bits per heavy atom. The van der Waals surface area contributed by atoms with E-state index in [-0.39, 0.29) is 6.04 Å². The predicted molar refractivity (Wildman–Crippen MR) is 89.3 cm³/mol. The second kappa shape index (κ2) is 8.57. The minimum atomic E-state index is 0.285. The number of hydrogen-bond donors (Lipinski definition) is 1. The molecule has 0 amide bonds. The van der Waals surface area contributed by atoms with E-state index in [1.165, 1.54) is 50.6 Å². The van der Waals surface area contributed by atoms with Gasteiger partial charge in [-0.05, 0) is 37.7 Å². The van der Waals surface area contributed by atoms with Crippen LogP contribution in [0.3, 0.4) is 0 Å². The van der Waals surface area contributed by atoms with Crippen molar-refractivity contribution in [2.75, 3.05) is 0 Å². The maximum atomic E-state index is 6.50. The third-order valence-corrected chi connectivity index (χ3v) is 5.18. The smallest absolute Gasteiger partial charge is 0.0640 e. The summed E-state index contributed by atoms with van der Waals surface area (Å²) in [6.07, 6.45) is 14.9. The number of nitrogens with zero attached hydrogens (tertiary/aromatic N) is 2. The summed E-state index contributed by atoms with van der Waals surface area (Å²) in [7, 11) is 0. The van der Waals surface area contributed by atoms with Gasteiger partial charge >= 0.3 is 0 Å². The zero-order chi connectivity index (χ0) is 15.1. The van der Waals surface area contributed by atoms with Gasteiger partial charge in [-0.2, -0.15) is 5.10 Å². The molecule has 1 aromatic rings. The lowest BCUT2D eigenvalue weighted by Gasteiger charge is -2.25. The second-order valence-electron chi connectivity index (χ2n) is 6.73. The average Bonchev–Trinajstić information content (AvgIpc) is 2.88. The molecular formula is C18H33N3. The SMILES string of the molecule is CCC(CC)n1ccc(CC(N)C2CCCCCCC2)n1. The lowest BCUT2D eigenvalue weighted by atomic mass is 9.84. The Hall–Kier alpha value is -0.830. The lowest BCUT2D eigenvalue weighted by molar-refractivity contribution is 0.319. The average molecular weight is 291 g/mol. The minimum absolute atomic E-state index is 0.285. The summed E-state index contributed by atoms with van der Waals surface area (Å²) in [6.45, 7) is 4.46. The van der Waals surface area contributed by atoms with E-state index in [0.717, 1.165) is 19.3 Å². The summed E-state index contributed by atoms with van der Waals surface area (Å²) < 4.78 is 2.14. The van der Waals surface area contributed by atoms with E-state index in [1.807, 2.05) is 0 Å². The second-order valence-corrected chi connectivity index (χ2v) is 6.73. The molecule has 0 radical (unpaired) electrons. The summed E-state index contributed by atoms with van der Waals surface area (Å²) >= 11 is 0. The normalized spacial score (nSPS) is 19.4. The van der Waals surface area contributed by atoms with E-state index in [2.05, 4.69) is 30.8 Å². The van der Waals surface area contributed by atoms with E-state index < -0.39 is 0 Å². The fourth-order valence-electron chi connectivity index (χ4n) is 3.68. The van der Waals surface area contributed by atoms with Crippen molar-refractivity contribution in [3.63, 3.8) is 0 Å². The molecule has 1 saturated carbocycles. The maximum absolute atomic E-state index is 6.50. The van der Waals surface area contributed by atoms with Gasteiger partial charge in [0.25, 0.3) is 0 Å². The number of aromatic nitrogens is 2. The quantitative estimate of drug-likeness (QED) is 0.840. The van der Waals surface area contributed by atoms with Crippen LogP contribution >= 0.6 is 0 Å². The molecule has 1 aliphatic carbocycles. The Balaban J connectivity index is 1.90. The van der Waals surface area contributed by atoms with Gasteiger partial charge in [-0.1, -0.05) is 46.0 Å².